The number of aromatic hydroxyl groups is 2. The first kappa shape index (κ1) is 22.3. The first-order valence-electron chi connectivity index (χ1n) is 10.2. The smallest absolute Gasteiger partial charge is 0.261 e. The van der Waals surface area contributed by atoms with Crippen molar-refractivity contribution >= 4 is 60.5 Å². The molecule has 5 aromatic rings. The second kappa shape index (κ2) is 8.40. The molecule has 3 N–H and O–H groups in total. The Morgan fingerprint density at radius 3 is 1.76 bits per heavy atom. The Bertz CT molecular complexity index is 1680. The maximum absolute atomic E-state index is 13.1. The minimum Gasteiger partial charge on any atom is -0.507 e. The number of hydrogen-bond acceptors (Lipinski definition) is 4. The van der Waals surface area contributed by atoms with Crippen molar-refractivity contribution in [3.8, 4) is 22.6 Å². The summed E-state index contributed by atoms with van der Waals surface area (Å²) in [5, 5.41) is 25.0. The minimum atomic E-state index is -3.97. The highest BCUT2D eigenvalue weighted by atomic mass is 35.5. The van der Waals surface area contributed by atoms with Gasteiger partial charge >= 0.3 is 0 Å². The molecular formula is C26H17Cl2NO4S. The van der Waals surface area contributed by atoms with E-state index in [1.54, 1.807) is 48.5 Å². The van der Waals surface area contributed by atoms with Crippen LogP contribution in [0.1, 0.15) is 0 Å². The summed E-state index contributed by atoms with van der Waals surface area (Å²) in [6.07, 6.45) is 0. The van der Waals surface area contributed by atoms with E-state index in [1.165, 1.54) is 30.3 Å². The van der Waals surface area contributed by atoms with Crippen molar-refractivity contribution in [1.82, 2.24) is 0 Å². The van der Waals surface area contributed by atoms with Gasteiger partial charge < -0.3 is 10.2 Å². The fraction of sp³-hybridized carbons (Fsp3) is 0. The highest BCUT2D eigenvalue weighted by Gasteiger charge is 2.21. The summed E-state index contributed by atoms with van der Waals surface area (Å²) >= 11 is 12.4. The largest absolute Gasteiger partial charge is 0.507 e. The average Bonchev–Trinajstić information content (AvgIpc) is 2.83. The SMILES string of the molecule is O=S(=O)(Nc1cc(-c2cc(Cl)c3ccccc3c2O)c(O)c2ccccc12)c1ccc(Cl)cc1. The van der Waals surface area contributed by atoms with E-state index >= 15 is 0 Å². The predicted octanol–water partition coefficient (Wildman–Crippen LogP) is 7.18. The molecule has 0 saturated carbocycles. The van der Waals surface area contributed by atoms with Crippen LogP contribution in [0.3, 0.4) is 0 Å². The van der Waals surface area contributed by atoms with E-state index in [0.717, 1.165) is 0 Å². The molecule has 5 nitrogen and oxygen atoms in total. The number of phenols is 2. The molecule has 0 amide bonds. The second-order valence-electron chi connectivity index (χ2n) is 7.73. The summed E-state index contributed by atoms with van der Waals surface area (Å²) < 4.78 is 28.8. The molecule has 5 rings (SSSR count). The topological polar surface area (TPSA) is 86.6 Å². The first-order chi connectivity index (χ1) is 16.3. The number of benzene rings is 5. The van der Waals surface area contributed by atoms with E-state index in [0.29, 0.717) is 31.6 Å². The van der Waals surface area contributed by atoms with Crippen molar-refractivity contribution in [3.05, 3.63) is 95.0 Å². The normalized spacial score (nSPS) is 11.7. The summed E-state index contributed by atoms with van der Waals surface area (Å²) in [5.74, 6) is -0.177. The number of hydrogen-bond donors (Lipinski definition) is 3. The molecule has 8 heteroatoms. The lowest BCUT2D eigenvalue weighted by Gasteiger charge is -2.17. The van der Waals surface area contributed by atoms with Crippen LogP contribution in [-0.2, 0) is 10.0 Å². The Labute approximate surface area is 205 Å². The number of nitrogens with one attached hydrogen (secondary N) is 1. The zero-order chi connectivity index (χ0) is 24.0. The second-order valence-corrected chi connectivity index (χ2v) is 10.3. The Balaban J connectivity index is 1.75. The van der Waals surface area contributed by atoms with E-state index in [-0.39, 0.29) is 33.2 Å². The molecule has 0 unspecified atom stereocenters. The van der Waals surface area contributed by atoms with E-state index in [4.69, 9.17) is 23.2 Å². The van der Waals surface area contributed by atoms with Gasteiger partial charge in [-0.1, -0.05) is 71.7 Å². The molecule has 0 saturated heterocycles. The van der Waals surface area contributed by atoms with E-state index in [1.807, 2.05) is 6.07 Å². The fourth-order valence-electron chi connectivity index (χ4n) is 3.99. The monoisotopic (exact) mass is 509 g/mol. The summed E-state index contributed by atoms with van der Waals surface area (Å²) in [6, 6.07) is 22.8. The molecule has 0 radical (unpaired) electrons. The highest BCUT2D eigenvalue weighted by molar-refractivity contribution is 7.92. The lowest BCUT2D eigenvalue weighted by Crippen LogP contribution is -2.13. The van der Waals surface area contributed by atoms with Crippen molar-refractivity contribution in [2.45, 2.75) is 4.90 Å². The zero-order valence-electron chi connectivity index (χ0n) is 17.5. The van der Waals surface area contributed by atoms with Gasteiger partial charge in [0, 0.05) is 42.7 Å². The zero-order valence-corrected chi connectivity index (χ0v) is 19.8. The molecule has 170 valence electrons. The van der Waals surface area contributed by atoms with Crippen LogP contribution in [-0.4, -0.2) is 18.6 Å². The van der Waals surface area contributed by atoms with Crippen LogP contribution in [0.15, 0.2) is 89.8 Å². The van der Waals surface area contributed by atoms with Gasteiger partial charge in [0.15, 0.2) is 0 Å². The van der Waals surface area contributed by atoms with Crippen LogP contribution in [0, 0.1) is 0 Å². The number of sulfonamides is 1. The molecule has 0 heterocycles. The molecular weight excluding hydrogens is 493 g/mol. The molecule has 0 spiro atoms. The first-order valence-corrected chi connectivity index (χ1v) is 12.4. The van der Waals surface area contributed by atoms with Gasteiger partial charge in [-0.2, -0.15) is 0 Å². The highest BCUT2D eigenvalue weighted by Crippen LogP contribution is 2.47. The van der Waals surface area contributed by atoms with Gasteiger partial charge in [-0.25, -0.2) is 8.42 Å². The standard InChI is InChI=1S/C26H17Cl2NO4S/c27-15-9-11-16(12-10-15)34(32,33)29-24-14-22(26(31)20-8-4-2-6-18(20)24)21-13-23(28)17-5-1-3-7-19(17)25(21)30/h1-14,29-31H. The fourth-order valence-corrected chi connectivity index (χ4v) is 5.46. The number of phenolic OH excluding ortho intramolecular Hbond substituents is 2. The molecule has 34 heavy (non-hydrogen) atoms. The van der Waals surface area contributed by atoms with E-state index in [2.05, 4.69) is 4.72 Å². The lowest BCUT2D eigenvalue weighted by atomic mass is 9.95. The Morgan fingerprint density at radius 2 is 1.15 bits per heavy atom. The number of fused-ring (bicyclic) bond motifs is 2. The molecule has 0 aromatic heterocycles. The van der Waals surface area contributed by atoms with Crippen molar-refractivity contribution in [2.75, 3.05) is 4.72 Å². The van der Waals surface area contributed by atoms with Crippen LogP contribution in [0.5, 0.6) is 11.5 Å². The third kappa shape index (κ3) is 3.80. The van der Waals surface area contributed by atoms with Crippen LogP contribution in [0.2, 0.25) is 10.0 Å². The van der Waals surface area contributed by atoms with Gasteiger partial charge in [0.05, 0.1) is 10.6 Å². The maximum atomic E-state index is 13.1. The third-order valence-corrected chi connectivity index (χ3v) is 7.59. The average molecular weight is 510 g/mol. The molecule has 0 atom stereocenters. The molecule has 0 aliphatic carbocycles. The molecule has 0 fully saturated rings. The van der Waals surface area contributed by atoms with Gasteiger partial charge in [-0.05, 0) is 36.4 Å². The van der Waals surface area contributed by atoms with Gasteiger partial charge in [0.1, 0.15) is 11.5 Å². The molecule has 0 aliphatic rings. The van der Waals surface area contributed by atoms with Crippen molar-refractivity contribution in [1.29, 1.82) is 0 Å². The number of halogens is 2. The third-order valence-electron chi connectivity index (χ3n) is 5.64. The minimum absolute atomic E-state index is 0.0344. The van der Waals surface area contributed by atoms with Crippen LogP contribution >= 0.6 is 23.2 Å². The molecule has 0 aliphatic heterocycles. The molecule has 0 bridgehead atoms. The number of anilines is 1. The molecule has 5 aromatic carbocycles. The summed E-state index contributed by atoms with van der Waals surface area (Å²) in [6.45, 7) is 0. The van der Waals surface area contributed by atoms with E-state index in [9.17, 15) is 18.6 Å². The quantitative estimate of drug-likeness (QED) is 0.224. The maximum Gasteiger partial charge on any atom is 0.261 e. The summed E-state index contributed by atoms with van der Waals surface area (Å²) in [7, 11) is -3.97. The van der Waals surface area contributed by atoms with Crippen LogP contribution < -0.4 is 4.72 Å². The van der Waals surface area contributed by atoms with Crippen molar-refractivity contribution in [2.24, 2.45) is 0 Å². The predicted molar refractivity (Wildman–Crippen MR) is 137 cm³/mol. The van der Waals surface area contributed by atoms with Gasteiger partial charge in [-0.15, -0.1) is 0 Å². The van der Waals surface area contributed by atoms with E-state index < -0.39 is 10.0 Å². The van der Waals surface area contributed by atoms with Gasteiger partial charge in [0.25, 0.3) is 10.0 Å². The van der Waals surface area contributed by atoms with Gasteiger partial charge in [-0.3, -0.25) is 4.72 Å². The van der Waals surface area contributed by atoms with Crippen LogP contribution in [0.25, 0.3) is 32.7 Å². The summed E-state index contributed by atoms with van der Waals surface area (Å²) in [5.41, 5.74) is 0.749. The number of rotatable bonds is 4. The lowest BCUT2D eigenvalue weighted by molar-refractivity contribution is 0.475. The Kier molecular flexibility index (Phi) is 5.52. The Morgan fingerprint density at radius 1 is 0.647 bits per heavy atom. The van der Waals surface area contributed by atoms with Crippen molar-refractivity contribution < 1.29 is 18.6 Å². The summed E-state index contributed by atoms with van der Waals surface area (Å²) in [4.78, 5) is 0.0344. The van der Waals surface area contributed by atoms with Gasteiger partial charge in [0.2, 0.25) is 0 Å². The van der Waals surface area contributed by atoms with Crippen LogP contribution in [0.4, 0.5) is 5.69 Å². The van der Waals surface area contributed by atoms with Crippen molar-refractivity contribution in [3.63, 3.8) is 0 Å². The Hall–Kier alpha value is -3.45.